The molecule has 1 unspecified atom stereocenters. The fraction of sp³-hybridized carbons (Fsp3) is 0.250. The second-order valence-electron chi connectivity index (χ2n) is 4.93. The minimum Gasteiger partial charge on any atom is -0.354 e. The lowest BCUT2D eigenvalue weighted by Gasteiger charge is -2.13. The van der Waals surface area contributed by atoms with E-state index in [0.717, 1.165) is 4.47 Å². The van der Waals surface area contributed by atoms with Gasteiger partial charge in [-0.15, -0.1) is 0 Å². The van der Waals surface area contributed by atoms with Crippen molar-refractivity contribution in [2.24, 2.45) is 0 Å². The number of nitrogens with one attached hydrogen (secondary N) is 1. The number of amides is 1. The molecule has 0 aliphatic carbocycles. The van der Waals surface area contributed by atoms with Crippen molar-refractivity contribution in [3.05, 3.63) is 69.1 Å². The molecule has 1 heterocycles. The van der Waals surface area contributed by atoms with Crippen LogP contribution in [0.1, 0.15) is 18.4 Å². The summed E-state index contributed by atoms with van der Waals surface area (Å²) < 4.78 is 2.15. The van der Waals surface area contributed by atoms with E-state index in [-0.39, 0.29) is 23.9 Å². The van der Waals surface area contributed by atoms with Crippen LogP contribution in [0.2, 0.25) is 0 Å². The molecule has 1 aromatic carbocycles. The molecule has 110 valence electrons. The number of hydrogen-bond acceptors (Lipinski definition) is 2. The number of hydrogen-bond donors (Lipinski definition) is 1. The summed E-state index contributed by atoms with van der Waals surface area (Å²) in [5, 5.41) is 2.86. The molecule has 0 saturated heterocycles. The smallest absolute Gasteiger partial charge is 0.251 e. The Labute approximate surface area is 131 Å². The van der Waals surface area contributed by atoms with Gasteiger partial charge >= 0.3 is 0 Å². The van der Waals surface area contributed by atoms with Crippen LogP contribution < -0.4 is 10.9 Å². The first-order chi connectivity index (χ1) is 10.1. The maximum Gasteiger partial charge on any atom is 0.251 e. The van der Waals surface area contributed by atoms with Crippen molar-refractivity contribution in [2.75, 3.05) is 6.54 Å². The molecule has 0 aliphatic heterocycles. The molecule has 0 saturated carbocycles. The lowest BCUT2D eigenvalue weighted by molar-refractivity contribution is -0.121. The van der Waals surface area contributed by atoms with E-state index >= 15 is 0 Å². The van der Waals surface area contributed by atoms with Gasteiger partial charge in [-0.1, -0.05) is 37.3 Å². The Morgan fingerprint density at radius 3 is 2.67 bits per heavy atom. The van der Waals surface area contributed by atoms with Crippen molar-refractivity contribution in [3.63, 3.8) is 0 Å². The average Bonchev–Trinajstić information content (AvgIpc) is 2.49. The standard InChI is InChI=1S/C16H17BrN2O2/c1-12(13-5-3-2-4-6-13)9-18-15(20)11-19-10-14(17)7-8-16(19)21/h2-8,10,12H,9,11H2,1H3,(H,18,20). The number of pyridine rings is 1. The number of nitrogens with zero attached hydrogens (tertiary/aromatic N) is 1. The van der Waals surface area contributed by atoms with Crippen molar-refractivity contribution < 1.29 is 4.79 Å². The van der Waals surface area contributed by atoms with Crippen LogP contribution in [0.25, 0.3) is 0 Å². The van der Waals surface area contributed by atoms with Crippen LogP contribution in [-0.2, 0) is 11.3 Å². The van der Waals surface area contributed by atoms with Crippen LogP contribution in [0, 0.1) is 0 Å². The van der Waals surface area contributed by atoms with E-state index in [1.54, 1.807) is 12.3 Å². The largest absolute Gasteiger partial charge is 0.354 e. The highest BCUT2D eigenvalue weighted by molar-refractivity contribution is 9.10. The molecule has 4 nitrogen and oxygen atoms in total. The summed E-state index contributed by atoms with van der Waals surface area (Å²) in [6.07, 6.45) is 1.61. The van der Waals surface area contributed by atoms with Gasteiger partial charge in [0.05, 0.1) is 0 Å². The predicted octanol–water partition coefficient (Wildman–Crippen LogP) is 2.53. The van der Waals surface area contributed by atoms with Gasteiger partial charge in [0.2, 0.25) is 5.91 Å². The maximum atomic E-state index is 11.9. The zero-order valence-electron chi connectivity index (χ0n) is 11.8. The molecule has 1 amide bonds. The van der Waals surface area contributed by atoms with Crippen LogP contribution in [-0.4, -0.2) is 17.0 Å². The van der Waals surface area contributed by atoms with Crippen molar-refractivity contribution in [1.82, 2.24) is 9.88 Å². The number of benzene rings is 1. The van der Waals surface area contributed by atoms with Gasteiger partial charge in [-0.25, -0.2) is 0 Å². The van der Waals surface area contributed by atoms with E-state index in [1.807, 2.05) is 30.3 Å². The number of halogens is 1. The Morgan fingerprint density at radius 2 is 1.95 bits per heavy atom. The van der Waals surface area contributed by atoms with Crippen LogP contribution >= 0.6 is 15.9 Å². The lowest BCUT2D eigenvalue weighted by atomic mass is 10.0. The first-order valence-corrected chi connectivity index (χ1v) is 7.53. The van der Waals surface area contributed by atoms with E-state index < -0.39 is 0 Å². The molecule has 5 heteroatoms. The molecule has 0 spiro atoms. The van der Waals surface area contributed by atoms with Gasteiger partial charge in [0.1, 0.15) is 6.54 Å². The number of carbonyl (C=O) groups excluding carboxylic acids is 1. The lowest BCUT2D eigenvalue weighted by Crippen LogP contribution is -2.33. The van der Waals surface area contributed by atoms with Gasteiger partial charge < -0.3 is 9.88 Å². The van der Waals surface area contributed by atoms with E-state index in [9.17, 15) is 9.59 Å². The average molecular weight is 349 g/mol. The second kappa shape index (κ2) is 7.22. The molecule has 1 atom stereocenters. The summed E-state index contributed by atoms with van der Waals surface area (Å²) in [5.41, 5.74) is 0.988. The molecule has 2 rings (SSSR count). The van der Waals surface area contributed by atoms with Crippen molar-refractivity contribution in [1.29, 1.82) is 0 Å². The fourth-order valence-corrected chi connectivity index (χ4v) is 2.38. The molecular formula is C16H17BrN2O2. The summed E-state index contributed by atoms with van der Waals surface area (Å²) >= 11 is 3.29. The minimum atomic E-state index is -0.190. The van der Waals surface area contributed by atoms with Crippen LogP contribution in [0.5, 0.6) is 0 Å². The zero-order chi connectivity index (χ0) is 15.2. The van der Waals surface area contributed by atoms with Gasteiger partial charge in [0.25, 0.3) is 5.56 Å². The van der Waals surface area contributed by atoms with Crippen molar-refractivity contribution >= 4 is 21.8 Å². The third-order valence-corrected chi connectivity index (χ3v) is 3.70. The Hall–Kier alpha value is -1.88. The number of carbonyl (C=O) groups is 1. The fourth-order valence-electron chi connectivity index (χ4n) is 2.00. The molecule has 0 fully saturated rings. The van der Waals surface area contributed by atoms with E-state index in [4.69, 9.17) is 0 Å². The van der Waals surface area contributed by atoms with Gasteiger partial charge in [-0.05, 0) is 33.5 Å². The minimum absolute atomic E-state index is 0.0276. The van der Waals surface area contributed by atoms with Gasteiger partial charge in [0.15, 0.2) is 0 Å². The first kappa shape index (κ1) is 15.5. The number of rotatable bonds is 5. The van der Waals surface area contributed by atoms with Crippen LogP contribution in [0.3, 0.4) is 0 Å². The maximum absolute atomic E-state index is 11.9. The van der Waals surface area contributed by atoms with Gasteiger partial charge in [0, 0.05) is 23.3 Å². The molecule has 0 radical (unpaired) electrons. The zero-order valence-corrected chi connectivity index (χ0v) is 13.3. The normalized spacial score (nSPS) is 11.9. The summed E-state index contributed by atoms with van der Waals surface area (Å²) in [5.74, 6) is 0.0624. The Bertz CT molecular complexity index is 667. The monoisotopic (exact) mass is 348 g/mol. The van der Waals surface area contributed by atoms with E-state index in [1.165, 1.54) is 16.2 Å². The number of aromatic nitrogens is 1. The molecular weight excluding hydrogens is 332 g/mol. The van der Waals surface area contributed by atoms with Crippen molar-refractivity contribution in [2.45, 2.75) is 19.4 Å². The third kappa shape index (κ3) is 4.56. The topological polar surface area (TPSA) is 51.1 Å². The molecule has 2 aromatic rings. The quantitative estimate of drug-likeness (QED) is 0.902. The molecule has 0 bridgehead atoms. The molecule has 21 heavy (non-hydrogen) atoms. The molecule has 0 aliphatic rings. The van der Waals surface area contributed by atoms with Crippen molar-refractivity contribution in [3.8, 4) is 0 Å². The molecule has 1 aromatic heterocycles. The SMILES string of the molecule is CC(CNC(=O)Cn1cc(Br)ccc1=O)c1ccccc1. The van der Waals surface area contributed by atoms with E-state index in [0.29, 0.717) is 6.54 Å². The highest BCUT2D eigenvalue weighted by atomic mass is 79.9. The Balaban J connectivity index is 1.91. The summed E-state index contributed by atoms with van der Waals surface area (Å²) in [7, 11) is 0. The highest BCUT2D eigenvalue weighted by Gasteiger charge is 2.08. The Morgan fingerprint density at radius 1 is 1.24 bits per heavy atom. The Kier molecular flexibility index (Phi) is 5.33. The second-order valence-corrected chi connectivity index (χ2v) is 5.84. The highest BCUT2D eigenvalue weighted by Crippen LogP contribution is 2.12. The summed E-state index contributed by atoms with van der Waals surface area (Å²) in [4.78, 5) is 23.6. The van der Waals surface area contributed by atoms with Gasteiger partial charge in [-0.2, -0.15) is 0 Å². The van der Waals surface area contributed by atoms with Crippen LogP contribution in [0.15, 0.2) is 57.9 Å². The molecule has 1 N–H and O–H groups in total. The first-order valence-electron chi connectivity index (χ1n) is 6.74. The van der Waals surface area contributed by atoms with E-state index in [2.05, 4.69) is 28.2 Å². The van der Waals surface area contributed by atoms with Gasteiger partial charge in [-0.3, -0.25) is 9.59 Å². The third-order valence-electron chi connectivity index (χ3n) is 3.24. The van der Waals surface area contributed by atoms with Crippen LogP contribution in [0.4, 0.5) is 0 Å². The summed E-state index contributed by atoms with van der Waals surface area (Å²) in [6, 6.07) is 13.1. The predicted molar refractivity (Wildman–Crippen MR) is 86.3 cm³/mol. The summed E-state index contributed by atoms with van der Waals surface area (Å²) in [6.45, 7) is 2.63.